The van der Waals surface area contributed by atoms with Gasteiger partial charge in [0.25, 0.3) is 0 Å². The van der Waals surface area contributed by atoms with Gasteiger partial charge in [-0.25, -0.2) is 9.98 Å². The van der Waals surface area contributed by atoms with Crippen LogP contribution in [0.1, 0.15) is 42.8 Å². The number of guanidine groups is 1. The Balaban J connectivity index is 0.00000484. The van der Waals surface area contributed by atoms with Crippen LogP contribution in [0.4, 0.5) is 0 Å². The monoisotopic (exact) mass is 454 g/mol. The number of aliphatic imine (C=N–C) groups is 1. The van der Waals surface area contributed by atoms with Gasteiger partial charge >= 0.3 is 0 Å². The molecule has 134 valence electrons. The van der Waals surface area contributed by atoms with E-state index in [4.69, 9.17) is 4.74 Å². The third-order valence-electron chi connectivity index (χ3n) is 3.10. The fourth-order valence-corrected chi connectivity index (χ4v) is 2.74. The minimum Gasteiger partial charge on any atom is -0.380 e. The van der Waals surface area contributed by atoms with Gasteiger partial charge < -0.3 is 15.4 Å². The average Bonchev–Trinajstić information content (AvgIpc) is 2.77. The molecule has 0 aliphatic rings. The van der Waals surface area contributed by atoms with Crippen LogP contribution < -0.4 is 10.6 Å². The average molecular weight is 454 g/mol. The SMILES string of the molecule is CCNC(=NCc1sc(C)nc1C)NCCOCCC(C)C.I. The van der Waals surface area contributed by atoms with Crippen molar-refractivity contribution in [3.05, 3.63) is 15.6 Å². The zero-order chi connectivity index (χ0) is 16.4. The predicted octanol–water partition coefficient (Wildman–Crippen LogP) is 3.50. The predicted molar refractivity (Wildman–Crippen MR) is 110 cm³/mol. The van der Waals surface area contributed by atoms with Crippen LogP contribution in [0, 0.1) is 19.8 Å². The fraction of sp³-hybridized carbons (Fsp3) is 0.750. The summed E-state index contributed by atoms with van der Waals surface area (Å²) in [6.07, 6.45) is 1.11. The van der Waals surface area contributed by atoms with Crippen molar-refractivity contribution in [2.45, 2.75) is 47.6 Å². The Kier molecular flexibility index (Phi) is 12.7. The van der Waals surface area contributed by atoms with Gasteiger partial charge in [-0.15, -0.1) is 35.3 Å². The number of nitrogens with one attached hydrogen (secondary N) is 2. The first-order valence-electron chi connectivity index (χ1n) is 8.05. The van der Waals surface area contributed by atoms with Crippen LogP contribution in [0.15, 0.2) is 4.99 Å². The first-order valence-corrected chi connectivity index (χ1v) is 8.87. The van der Waals surface area contributed by atoms with Crippen molar-refractivity contribution in [2.24, 2.45) is 10.9 Å². The second-order valence-electron chi connectivity index (χ2n) is 5.66. The van der Waals surface area contributed by atoms with Crippen molar-refractivity contribution in [3.63, 3.8) is 0 Å². The zero-order valence-electron chi connectivity index (χ0n) is 14.9. The van der Waals surface area contributed by atoms with E-state index in [-0.39, 0.29) is 24.0 Å². The number of aryl methyl sites for hydroxylation is 2. The van der Waals surface area contributed by atoms with Crippen molar-refractivity contribution in [3.8, 4) is 0 Å². The third kappa shape index (κ3) is 10.1. The summed E-state index contributed by atoms with van der Waals surface area (Å²) in [5.74, 6) is 1.53. The molecule has 1 aromatic heterocycles. The van der Waals surface area contributed by atoms with Gasteiger partial charge in [0.05, 0.1) is 23.9 Å². The zero-order valence-corrected chi connectivity index (χ0v) is 18.1. The Labute approximate surface area is 161 Å². The minimum absolute atomic E-state index is 0. The van der Waals surface area contributed by atoms with Gasteiger partial charge in [-0.2, -0.15) is 0 Å². The molecular weight excluding hydrogens is 423 g/mol. The normalized spacial score (nSPS) is 11.5. The lowest BCUT2D eigenvalue weighted by Gasteiger charge is -2.11. The summed E-state index contributed by atoms with van der Waals surface area (Å²) in [4.78, 5) is 10.3. The highest BCUT2D eigenvalue weighted by atomic mass is 127. The second kappa shape index (κ2) is 12.9. The van der Waals surface area contributed by atoms with Crippen LogP contribution in [0.3, 0.4) is 0 Å². The Morgan fingerprint density at radius 3 is 2.57 bits per heavy atom. The van der Waals surface area contributed by atoms with E-state index in [0.29, 0.717) is 19.1 Å². The highest BCUT2D eigenvalue weighted by molar-refractivity contribution is 14.0. The molecule has 0 amide bonds. The summed E-state index contributed by atoms with van der Waals surface area (Å²) in [5.41, 5.74) is 1.08. The van der Waals surface area contributed by atoms with Gasteiger partial charge in [0.2, 0.25) is 0 Å². The molecule has 0 radical (unpaired) electrons. The molecule has 0 aromatic carbocycles. The van der Waals surface area contributed by atoms with Crippen molar-refractivity contribution >= 4 is 41.3 Å². The highest BCUT2D eigenvalue weighted by Gasteiger charge is 2.04. The number of thiazole rings is 1. The molecule has 0 spiro atoms. The van der Waals surface area contributed by atoms with Crippen LogP contribution in [-0.2, 0) is 11.3 Å². The largest absolute Gasteiger partial charge is 0.380 e. The smallest absolute Gasteiger partial charge is 0.191 e. The van der Waals surface area contributed by atoms with E-state index in [2.05, 4.69) is 41.4 Å². The molecule has 7 heteroatoms. The highest BCUT2D eigenvalue weighted by Crippen LogP contribution is 2.17. The lowest BCUT2D eigenvalue weighted by molar-refractivity contribution is 0.128. The van der Waals surface area contributed by atoms with Crippen LogP contribution in [0.2, 0.25) is 0 Å². The number of halogens is 1. The molecule has 0 aliphatic heterocycles. The number of hydrogen-bond acceptors (Lipinski definition) is 4. The second-order valence-corrected chi connectivity index (χ2v) is 6.95. The minimum atomic E-state index is 0. The molecule has 23 heavy (non-hydrogen) atoms. The molecule has 0 unspecified atom stereocenters. The number of rotatable bonds is 9. The maximum Gasteiger partial charge on any atom is 0.191 e. The molecular formula is C16H31IN4OS. The van der Waals surface area contributed by atoms with Crippen LogP contribution >= 0.6 is 35.3 Å². The van der Waals surface area contributed by atoms with E-state index in [0.717, 1.165) is 42.8 Å². The van der Waals surface area contributed by atoms with E-state index in [1.165, 1.54) is 4.88 Å². The van der Waals surface area contributed by atoms with E-state index in [1.807, 2.05) is 13.8 Å². The maximum absolute atomic E-state index is 5.61. The van der Waals surface area contributed by atoms with Crippen LogP contribution in [-0.4, -0.2) is 37.2 Å². The first kappa shape index (κ1) is 22.6. The lowest BCUT2D eigenvalue weighted by Crippen LogP contribution is -2.39. The standard InChI is InChI=1S/C16H30N4OS.HI/c1-6-17-16(18-8-10-21-9-7-12(2)3)19-11-15-13(4)20-14(5)22-15;/h12H,6-11H2,1-5H3,(H2,17,18,19);1H. The Morgan fingerprint density at radius 2 is 2.00 bits per heavy atom. The lowest BCUT2D eigenvalue weighted by atomic mass is 10.1. The summed E-state index contributed by atoms with van der Waals surface area (Å²) in [7, 11) is 0. The molecule has 2 N–H and O–H groups in total. The maximum atomic E-state index is 5.61. The summed E-state index contributed by atoms with van der Waals surface area (Å²) >= 11 is 1.71. The van der Waals surface area contributed by atoms with Crippen molar-refractivity contribution in [1.82, 2.24) is 15.6 Å². The van der Waals surface area contributed by atoms with Crippen molar-refractivity contribution in [1.29, 1.82) is 0 Å². The van der Waals surface area contributed by atoms with E-state index in [9.17, 15) is 0 Å². The van der Waals surface area contributed by atoms with Gasteiger partial charge in [0.15, 0.2) is 5.96 Å². The number of nitrogens with zero attached hydrogens (tertiary/aromatic N) is 2. The van der Waals surface area contributed by atoms with Gasteiger partial charge in [-0.1, -0.05) is 13.8 Å². The molecule has 1 aromatic rings. The van der Waals surface area contributed by atoms with Gasteiger partial charge in [0, 0.05) is 24.6 Å². The van der Waals surface area contributed by atoms with Crippen molar-refractivity contribution in [2.75, 3.05) is 26.3 Å². The molecule has 0 aliphatic carbocycles. The summed E-state index contributed by atoms with van der Waals surface area (Å²) < 4.78 is 5.61. The summed E-state index contributed by atoms with van der Waals surface area (Å²) in [5, 5.41) is 7.66. The summed E-state index contributed by atoms with van der Waals surface area (Å²) in [6.45, 7) is 14.4. The molecule has 0 atom stereocenters. The van der Waals surface area contributed by atoms with Gasteiger partial charge in [-0.3, -0.25) is 0 Å². The number of aromatic nitrogens is 1. The first-order chi connectivity index (χ1) is 10.5. The number of hydrogen-bond donors (Lipinski definition) is 2. The Bertz CT molecular complexity index is 463. The van der Waals surface area contributed by atoms with Gasteiger partial charge in [-0.05, 0) is 33.1 Å². The molecule has 1 heterocycles. The topological polar surface area (TPSA) is 58.5 Å². The van der Waals surface area contributed by atoms with Crippen molar-refractivity contribution < 1.29 is 4.74 Å². The quantitative estimate of drug-likeness (QED) is 0.260. The summed E-state index contributed by atoms with van der Waals surface area (Å²) in [6, 6.07) is 0. The van der Waals surface area contributed by atoms with Crippen LogP contribution in [0.25, 0.3) is 0 Å². The Hall–Kier alpha value is -0.410. The third-order valence-corrected chi connectivity index (χ3v) is 4.16. The van der Waals surface area contributed by atoms with Crippen LogP contribution in [0.5, 0.6) is 0 Å². The molecule has 0 saturated carbocycles. The molecule has 0 saturated heterocycles. The number of ether oxygens (including phenoxy) is 1. The Morgan fingerprint density at radius 1 is 1.26 bits per heavy atom. The van der Waals surface area contributed by atoms with E-state index >= 15 is 0 Å². The van der Waals surface area contributed by atoms with Gasteiger partial charge in [0.1, 0.15) is 0 Å². The van der Waals surface area contributed by atoms with E-state index < -0.39 is 0 Å². The molecule has 1 rings (SSSR count). The van der Waals surface area contributed by atoms with E-state index in [1.54, 1.807) is 11.3 Å². The molecule has 5 nitrogen and oxygen atoms in total. The molecule has 0 fully saturated rings. The molecule has 0 bridgehead atoms. The fourth-order valence-electron chi connectivity index (χ4n) is 1.88.